The Morgan fingerprint density at radius 1 is 1.00 bits per heavy atom. The first-order valence-electron chi connectivity index (χ1n) is 9.12. The van der Waals surface area contributed by atoms with Crippen LogP contribution in [0.15, 0.2) is 72.8 Å². The van der Waals surface area contributed by atoms with Crippen molar-refractivity contribution < 1.29 is 22.3 Å². The fraction of sp³-hybridized carbons (Fsp3) is 0.136. The number of hydrogen-bond acceptors (Lipinski definition) is 4. The van der Waals surface area contributed by atoms with Crippen LogP contribution in [-0.4, -0.2) is 27.2 Å². The summed E-state index contributed by atoms with van der Waals surface area (Å²) >= 11 is 0. The first-order valence-corrected chi connectivity index (χ1v) is 11.0. The van der Waals surface area contributed by atoms with E-state index >= 15 is 0 Å². The average Bonchev–Trinajstić information content (AvgIpc) is 2.70. The maximum absolute atomic E-state index is 13.8. The first-order chi connectivity index (χ1) is 14.3. The van der Waals surface area contributed by atoms with Crippen LogP contribution in [0.4, 0.5) is 15.8 Å². The summed E-state index contributed by atoms with van der Waals surface area (Å²) in [5.74, 6) is -0.610. The molecule has 0 saturated heterocycles. The van der Waals surface area contributed by atoms with Crippen molar-refractivity contribution in [2.75, 3.05) is 22.9 Å². The van der Waals surface area contributed by atoms with E-state index in [1.54, 1.807) is 6.07 Å². The van der Waals surface area contributed by atoms with Crippen molar-refractivity contribution in [3.63, 3.8) is 0 Å². The number of sulfonamides is 1. The summed E-state index contributed by atoms with van der Waals surface area (Å²) in [5.41, 5.74) is 2.06. The van der Waals surface area contributed by atoms with Gasteiger partial charge in [-0.25, -0.2) is 12.8 Å². The number of nitrogens with one attached hydrogen (secondary N) is 2. The van der Waals surface area contributed by atoms with Crippen molar-refractivity contribution in [3.8, 4) is 5.75 Å². The molecule has 0 saturated carbocycles. The molecular weight excluding hydrogens is 407 g/mol. The molecule has 1 amide bonds. The van der Waals surface area contributed by atoms with E-state index in [2.05, 4.69) is 10.0 Å². The SMILES string of the molecule is CS(=O)(=O)Nc1cc(NC(=O)COc2ccccc2Cc2ccccc2)ccc1F. The second kappa shape index (κ2) is 9.41. The minimum atomic E-state index is -3.65. The highest BCUT2D eigenvalue weighted by atomic mass is 32.2. The van der Waals surface area contributed by atoms with Gasteiger partial charge in [-0.2, -0.15) is 0 Å². The van der Waals surface area contributed by atoms with E-state index in [0.717, 1.165) is 23.4 Å². The maximum atomic E-state index is 13.8. The van der Waals surface area contributed by atoms with Gasteiger partial charge >= 0.3 is 0 Å². The lowest BCUT2D eigenvalue weighted by molar-refractivity contribution is -0.118. The third kappa shape index (κ3) is 6.31. The molecule has 0 aliphatic rings. The number of hydrogen-bond donors (Lipinski definition) is 2. The van der Waals surface area contributed by atoms with Gasteiger partial charge in [-0.05, 0) is 35.4 Å². The molecule has 0 radical (unpaired) electrons. The highest BCUT2D eigenvalue weighted by Gasteiger charge is 2.11. The molecular formula is C22H21FN2O4S. The number of carbonyl (C=O) groups excluding carboxylic acids is 1. The van der Waals surface area contributed by atoms with Gasteiger partial charge in [0.15, 0.2) is 6.61 Å². The Kier molecular flexibility index (Phi) is 6.68. The van der Waals surface area contributed by atoms with Crippen molar-refractivity contribution >= 4 is 27.3 Å². The number of halogens is 1. The molecule has 2 N–H and O–H groups in total. The molecule has 8 heteroatoms. The number of benzene rings is 3. The smallest absolute Gasteiger partial charge is 0.262 e. The van der Waals surface area contributed by atoms with Crippen molar-refractivity contribution in [2.24, 2.45) is 0 Å². The van der Waals surface area contributed by atoms with Crippen LogP contribution in [0, 0.1) is 5.82 Å². The third-order valence-corrected chi connectivity index (χ3v) is 4.70. The van der Waals surface area contributed by atoms with Crippen LogP contribution < -0.4 is 14.8 Å². The summed E-state index contributed by atoms with van der Waals surface area (Å²) in [6, 6.07) is 21.0. The molecule has 156 valence electrons. The Balaban J connectivity index is 1.64. The molecule has 0 fully saturated rings. The van der Waals surface area contributed by atoms with Crippen molar-refractivity contribution in [1.82, 2.24) is 0 Å². The monoisotopic (exact) mass is 428 g/mol. The summed E-state index contributed by atoms with van der Waals surface area (Å²) in [7, 11) is -3.65. The van der Waals surface area contributed by atoms with Crippen LogP contribution in [0.5, 0.6) is 5.75 Å². The number of anilines is 2. The predicted octanol–water partition coefficient (Wildman–Crippen LogP) is 3.81. The second-order valence-corrected chi connectivity index (χ2v) is 8.42. The lowest BCUT2D eigenvalue weighted by Crippen LogP contribution is -2.21. The van der Waals surface area contributed by atoms with Crippen molar-refractivity contribution in [3.05, 3.63) is 89.7 Å². The van der Waals surface area contributed by atoms with Crippen LogP contribution in [0.3, 0.4) is 0 Å². The van der Waals surface area contributed by atoms with Crippen LogP contribution >= 0.6 is 0 Å². The van der Waals surface area contributed by atoms with E-state index in [1.807, 2.05) is 48.5 Å². The highest BCUT2D eigenvalue weighted by molar-refractivity contribution is 7.92. The molecule has 30 heavy (non-hydrogen) atoms. The fourth-order valence-corrected chi connectivity index (χ4v) is 3.38. The normalized spacial score (nSPS) is 11.0. The molecule has 0 aliphatic carbocycles. The van der Waals surface area contributed by atoms with Crippen molar-refractivity contribution in [2.45, 2.75) is 6.42 Å². The number of para-hydroxylation sites is 1. The van der Waals surface area contributed by atoms with E-state index in [9.17, 15) is 17.6 Å². The topological polar surface area (TPSA) is 84.5 Å². The van der Waals surface area contributed by atoms with E-state index in [0.29, 0.717) is 12.2 Å². The molecule has 0 atom stereocenters. The molecule has 0 aromatic heterocycles. The Morgan fingerprint density at radius 2 is 1.70 bits per heavy atom. The molecule has 3 aromatic rings. The van der Waals surface area contributed by atoms with Crippen LogP contribution in [0.25, 0.3) is 0 Å². The summed E-state index contributed by atoms with van der Waals surface area (Å²) in [4.78, 5) is 12.3. The number of rotatable bonds is 8. The first kappa shape index (κ1) is 21.3. The van der Waals surface area contributed by atoms with E-state index < -0.39 is 21.7 Å². The number of carbonyl (C=O) groups is 1. The molecule has 6 nitrogen and oxygen atoms in total. The summed E-state index contributed by atoms with van der Waals surface area (Å²) in [5, 5.41) is 2.57. The number of ether oxygens (including phenoxy) is 1. The van der Waals surface area contributed by atoms with Gasteiger partial charge in [0.2, 0.25) is 10.0 Å². The molecule has 3 rings (SSSR count). The fourth-order valence-electron chi connectivity index (χ4n) is 2.83. The summed E-state index contributed by atoms with van der Waals surface area (Å²) in [6.07, 6.45) is 1.58. The Morgan fingerprint density at radius 3 is 2.43 bits per heavy atom. The maximum Gasteiger partial charge on any atom is 0.262 e. The molecule has 0 unspecified atom stereocenters. The minimum absolute atomic E-state index is 0.244. The van der Waals surface area contributed by atoms with E-state index in [-0.39, 0.29) is 18.0 Å². The number of amides is 1. The van der Waals surface area contributed by atoms with Gasteiger partial charge in [0.1, 0.15) is 11.6 Å². The van der Waals surface area contributed by atoms with Crippen LogP contribution in [0.1, 0.15) is 11.1 Å². The Labute approximate surface area is 174 Å². The molecule has 0 spiro atoms. The molecule has 0 heterocycles. The minimum Gasteiger partial charge on any atom is -0.483 e. The Bertz CT molecular complexity index is 1130. The van der Waals surface area contributed by atoms with Gasteiger partial charge in [-0.3, -0.25) is 9.52 Å². The Hall–Kier alpha value is -3.39. The van der Waals surface area contributed by atoms with E-state index in [4.69, 9.17) is 4.74 Å². The highest BCUT2D eigenvalue weighted by Crippen LogP contribution is 2.22. The zero-order valence-corrected chi connectivity index (χ0v) is 17.1. The molecule has 0 bridgehead atoms. The molecule has 3 aromatic carbocycles. The van der Waals surface area contributed by atoms with Crippen molar-refractivity contribution in [1.29, 1.82) is 0 Å². The van der Waals surface area contributed by atoms with Gasteiger partial charge in [0.25, 0.3) is 5.91 Å². The summed E-state index contributed by atoms with van der Waals surface area (Å²) < 4.78 is 44.2. The largest absolute Gasteiger partial charge is 0.483 e. The van der Waals surface area contributed by atoms with Crippen LogP contribution in [-0.2, 0) is 21.2 Å². The van der Waals surface area contributed by atoms with Gasteiger partial charge in [-0.15, -0.1) is 0 Å². The zero-order valence-electron chi connectivity index (χ0n) is 16.3. The van der Waals surface area contributed by atoms with Gasteiger partial charge in [-0.1, -0.05) is 48.5 Å². The quantitative estimate of drug-likeness (QED) is 0.572. The lowest BCUT2D eigenvalue weighted by Gasteiger charge is -2.12. The lowest BCUT2D eigenvalue weighted by atomic mass is 10.0. The van der Waals surface area contributed by atoms with Gasteiger partial charge in [0.05, 0.1) is 11.9 Å². The summed E-state index contributed by atoms with van der Waals surface area (Å²) in [6.45, 7) is -0.252. The second-order valence-electron chi connectivity index (χ2n) is 6.68. The van der Waals surface area contributed by atoms with E-state index in [1.165, 1.54) is 12.1 Å². The van der Waals surface area contributed by atoms with Gasteiger partial charge < -0.3 is 10.1 Å². The molecule has 0 aliphatic heterocycles. The standard InChI is InChI=1S/C22H21FN2O4S/c1-30(27,28)25-20-14-18(11-12-19(20)23)24-22(26)15-29-21-10-6-5-9-17(21)13-16-7-3-2-4-8-16/h2-12,14,25H,13,15H2,1H3,(H,24,26). The predicted molar refractivity (Wildman–Crippen MR) is 115 cm³/mol. The third-order valence-electron chi connectivity index (χ3n) is 4.11. The van der Waals surface area contributed by atoms with Gasteiger partial charge in [0, 0.05) is 12.1 Å². The average molecular weight is 428 g/mol. The van der Waals surface area contributed by atoms with Crippen LogP contribution in [0.2, 0.25) is 0 Å². The zero-order chi connectivity index (χ0) is 21.6.